The number of hydrogen-bond acceptors (Lipinski definition) is 4. The van der Waals surface area contributed by atoms with E-state index in [2.05, 4.69) is 5.10 Å². The number of nitrogens with zero attached hydrogens (tertiary/aromatic N) is 5. The minimum atomic E-state index is -2.68. The Morgan fingerprint density at radius 3 is 2.53 bits per heavy atom. The summed E-state index contributed by atoms with van der Waals surface area (Å²) in [4.78, 5) is 28.1. The lowest BCUT2D eigenvalue weighted by Crippen LogP contribution is -2.42. The summed E-state index contributed by atoms with van der Waals surface area (Å²) in [6.07, 6.45) is 1.09. The highest BCUT2D eigenvalue weighted by Gasteiger charge is 2.35. The number of halogens is 2. The minimum absolute atomic E-state index is 0.0655. The highest BCUT2D eigenvalue weighted by Crippen LogP contribution is 2.30. The van der Waals surface area contributed by atoms with Crippen LogP contribution in [-0.4, -0.2) is 51.0 Å². The van der Waals surface area contributed by atoms with Crippen molar-refractivity contribution < 1.29 is 13.6 Å². The molecule has 0 aliphatic carbocycles. The molecule has 1 saturated heterocycles. The van der Waals surface area contributed by atoms with Crippen LogP contribution in [0.1, 0.15) is 28.8 Å². The molecule has 158 valence electrons. The van der Waals surface area contributed by atoms with Crippen LogP contribution in [0.25, 0.3) is 5.65 Å². The van der Waals surface area contributed by atoms with E-state index in [1.54, 1.807) is 25.4 Å². The molecule has 1 aliphatic rings. The highest BCUT2D eigenvalue weighted by atomic mass is 19.3. The van der Waals surface area contributed by atoms with Crippen molar-refractivity contribution in [3.05, 3.63) is 58.1 Å². The third-order valence-electron chi connectivity index (χ3n) is 5.63. The average Bonchev–Trinajstić information content (AvgIpc) is 3.00. The van der Waals surface area contributed by atoms with Crippen LogP contribution >= 0.6 is 0 Å². The number of hydrogen-bond donors (Lipinski definition) is 0. The van der Waals surface area contributed by atoms with E-state index in [1.165, 1.54) is 14.0 Å². The summed E-state index contributed by atoms with van der Waals surface area (Å²) in [5.41, 5.74) is 3.42. The van der Waals surface area contributed by atoms with Gasteiger partial charge in [-0.25, -0.2) is 18.3 Å². The minimum Gasteiger partial charge on any atom is -0.344 e. The number of benzene rings is 1. The molecule has 0 radical (unpaired) electrons. The highest BCUT2D eigenvalue weighted by molar-refractivity contribution is 5.95. The second kappa shape index (κ2) is 7.23. The summed E-state index contributed by atoms with van der Waals surface area (Å²) < 4.78 is 29.5. The molecule has 1 fully saturated rings. The molecule has 1 amide bonds. The maximum atomic E-state index is 13.4. The first-order chi connectivity index (χ1) is 14.2. The van der Waals surface area contributed by atoms with Crippen LogP contribution in [-0.2, 0) is 7.05 Å². The zero-order chi connectivity index (χ0) is 21.6. The van der Waals surface area contributed by atoms with Gasteiger partial charge in [-0.3, -0.25) is 9.20 Å². The molecule has 9 heteroatoms. The van der Waals surface area contributed by atoms with Crippen LogP contribution in [0, 0.1) is 6.92 Å². The third-order valence-corrected chi connectivity index (χ3v) is 5.63. The van der Waals surface area contributed by atoms with Crippen molar-refractivity contribution in [1.82, 2.24) is 19.1 Å². The van der Waals surface area contributed by atoms with Gasteiger partial charge >= 0.3 is 5.69 Å². The number of amides is 1. The van der Waals surface area contributed by atoms with Gasteiger partial charge in [0.1, 0.15) is 0 Å². The molecule has 1 aliphatic heterocycles. The summed E-state index contributed by atoms with van der Waals surface area (Å²) >= 11 is 0. The second-order valence-electron chi connectivity index (χ2n) is 7.73. The molecule has 1 aromatic carbocycles. The molecule has 4 rings (SSSR count). The number of fused-ring (bicyclic) bond motifs is 1. The van der Waals surface area contributed by atoms with Crippen molar-refractivity contribution in [3.8, 4) is 0 Å². The van der Waals surface area contributed by atoms with Crippen molar-refractivity contribution in [2.24, 2.45) is 7.05 Å². The van der Waals surface area contributed by atoms with E-state index in [0.29, 0.717) is 11.2 Å². The average molecular weight is 415 g/mol. The Bertz CT molecular complexity index is 1170. The number of likely N-dealkylation sites (tertiary alicyclic amines) is 1. The number of pyridine rings is 1. The Labute approximate surface area is 172 Å². The largest absolute Gasteiger partial charge is 0.350 e. The van der Waals surface area contributed by atoms with Gasteiger partial charge in [0.05, 0.1) is 0 Å². The first kappa shape index (κ1) is 20.1. The third kappa shape index (κ3) is 3.55. The molecule has 0 saturated carbocycles. The van der Waals surface area contributed by atoms with E-state index in [9.17, 15) is 18.4 Å². The van der Waals surface area contributed by atoms with Crippen LogP contribution < -0.4 is 10.6 Å². The van der Waals surface area contributed by atoms with Gasteiger partial charge in [0.2, 0.25) is 0 Å². The molecule has 2 aromatic heterocycles. The summed E-state index contributed by atoms with van der Waals surface area (Å²) in [6.45, 7) is 2.03. The topological polar surface area (TPSA) is 62.9 Å². The molecular formula is C21H23F2N5O2. The maximum absolute atomic E-state index is 13.4. The van der Waals surface area contributed by atoms with Crippen LogP contribution in [0.5, 0.6) is 0 Å². The Kier molecular flexibility index (Phi) is 4.83. The fourth-order valence-corrected chi connectivity index (χ4v) is 3.80. The summed E-state index contributed by atoms with van der Waals surface area (Å²) in [5, 5.41) is 4.21. The number of carbonyl (C=O) groups is 1. The Hall–Kier alpha value is -3.23. The fraction of sp³-hybridized carbons (Fsp3) is 0.381. The Morgan fingerprint density at radius 1 is 1.17 bits per heavy atom. The summed E-state index contributed by atoms with van der Waals surface area (Å²) in [6, 6.07) is 8.98. The van der Waals surface area contributed by atoms with Gasteiger partial charge in [0, 0.05) is 69.2 Å². The lowest BCUT2D eigenvalue weighted by molar-refractivity contribution is -0.0494. The van der Waals surface area contributed by atoms with Gasteiger partial charge in [-0.05, 0) is 36.8 Å². The Balaban J connectivity index is 1.57. The summed E-state index contributed by atoms with van der Waals surface area (Å²) in [5.74, 6) is -2.91. The molecule has 30 heavy (non-hydrogen) atoms. The van der Waals surface area contributed by atoms with Crippen molar-refractivity contribution in [2.45, 2.75) is 25.7 Å². The molecule has 7 nitrogen and oxygen atoms in total. The smallest absolute Gasteiger partial charge is 0.344 e. The number of piperidine rings is 1. The number of anilines is 2. The first-order valence-corrected chi connectivity index (χ1v) is 9.73. The number of aryl methyl sites for hydroxylation is 2. The van der Waals surface area contributed by atoms with Gasteiger partial charge in [-0.15, -0.1) is 0 Å². The number of alkyl halides is 2. The predicted octanol–water partition coefficient (Wildman–Crippen LogP) is 2.98. The molecule has 0 spiro atoms. The summed E-state index contributed by atoms with van der Waals surface area (Å²) in [7, 11) is 3.49. The zero-order valence-corrected chi connectivity index (χ0v) is 17.1. The van der Waals surface area contributed by atoms with Gasteiger partial charge in [0.25, 0.3) is 11.8 Å². The number of aromatic nitrogens is 3. The quantitative estimate of drug-likeness (QED) is 0.660. The van der Waals surface area contributed by atoms with Gasteiger partial charge in [-0.1, -0.05) is 0 Å². The molecular weight excluding hydrogens is 392 g/mol. The standard InChI is InChI=1S/C21H23F2N5O2/c1-14-12-15(19(29)27-10-7-21(22,23)8-11-27)4-5-17(14)25(2)16-6-9-28-18(13-16)24-26(3)20(28)30/h4-6,9,12-13H,7-8,10-11H2,1-3H3. The molecule has 0 bridgehead atoms. The monoisotopic (exact) mass is 415 g/mol. The SMILES string of the molecule is Cc1cc(C(=O)N2CCC(F)(F)CC2)ccc1N(C)c1ccn2c(=O)n(C)nc2c1. The zero-order valence-electron chi connectivity index (χ0n) is 17.1. The first-order valence-electron chi connectivity index (χ1n) is 9.73. The van der Waals surface area contributed by atoms with Crippen LogP contribution in [0.4, 0.5) is 20.2 Å². The normalized spacial score (nSPS) is 16.1. The molecule has 0 atom stereocenters. The van der Waals surface area contributed by atoms with E-state index in [0.717, 1.165) is 16.9 Å². The van der Waals surface area contributed by atoms with E-state index in [1.807, 2.05) is 37.1 Å². The predicted molar refractivity (Wildman–Crippen MR) is 110 cm³/mol. The van der Waals surface area contributed by atoms with Crippen LogP contribution in [0.2, 0.25) is 0 Å². The fourth-order valence-electron chi connectivity index (χ4n) is 3.80. The van der Waals surface area contributed by atoms with Crippen LogP contribution in [0.3, 0.4) is 0 Å². The van der Waals surface area contributed by atoms with Gasteiger partial charge in [0.15, 0.2) is 5.65 Å². The molecule has 0 unspecified atom stereocenters. The van der Waals surface area contributed by atoms with E-state index < -0.39 is 5.92 Å². The van der Waals surface area contributed by atoms with E-state index >= 15 is 0 Å². The maximum Gasteiger partial charge on any atom is 0.350 e. The van der Waals surface area contributed by atoms with E-state index in [4.69, 9.17) is 0 Å². The van der Waals surface area contributed by atoms with Crippen molar-refractivity contribution in [3.63, 3.8) is 0 Å². The Morgan fingerprint density at radius 2 is 1.87 bits per heavy atom. The van der Waals surface area contributed by atoms with Gasteiger partial charge in [-0.2, -0.15) is 5.10 Å². The molecule has 0 N–H and O–H groups in total. The number of carbonyl (C=O) groups excluding carboxylic acids is 1. The van der Waals surface area contributed by atoms with Crippen molar-refractivity contribution in [1.29, 1.82) is 0 Å². The lowest BCUT2D eigenvalue weighted by Gasteiger charge is -2.32. The second-order valence-corrected chi connectivity index (χ2v) is 7.73. The molecule has 3 aromatic rings. The van der Waals surface area contributed by atoms with Crippen molar-refractivity contribution in [2.75, 3.05) is 25.0 Å². The lowest BCUT2D eigenvalue weighted by atomic mass is 10.0. The number of rotatable bonds is 3. The van der Waals surface area contributed by atoms with E-state index in [-0.39, 0.29) is 37.5 Å². The van der Waals surface area contributed by atoms with Crippen molar-refractivity contribution >= 4 is 22.9 Å². The van der Waals surface area contributed by atoms with Crippen LogP contribution in [0.15, 0.2) is 41.3 Å². The van der Waals surface area contributed by atoms with Gasteiger partial charge < -0.3 is 9.80 Å². The molecule has 3 heterocycles.